The third-order valence-electron chi connectivity index (χ3n) is 2.56. The van der Waals surface area contributed by atoms with E-state index in [0.717, 1.165) is 11.0 Å². The number of aromatic nitrogens is 1. The first kappa shape index (κ1) is 12.3. The van der Waals surface area contributed by atoms with Gasteiger partial charge in [0.25, 0.3) is 0 Å². The van der Waals surface area contributed by atoms with E-state index in [1.165, 1.54) is 11.6 Å². The molecular formula is C13H14BrFN2. The predicted molar refractivity (Wildman–Crippen MR) is 70.4 cm³/mol. The summed E-state index contributed by atoms with van der Waals surface area (Å²) < 4.78 is 16.4. The van der Waals surface area contributed by atoms with Crippen LogP contribution in [0.1, 0.15) is 11.1 Å². The van der Waals surface area contributed by atoms with Crippen LogP contribution in [0.3, 0.4) is 0 Å². The molecule has 0 aliphatic carbocycles. The summed E-state index contributed by atoms with van der Waals surface area (Å²) in [6.45, 7) is 1.39. The second kappa shape index (κ2) is 5.47. The van der Waals surface area contributed by atoms with Gasteiger partial charge in [-0.2, -0.15) is 0 Å². The molecule has 1 aromatic heterocycles. The lowest BCUT2D eigenvalue weighted by molar-refractivity contribution is 0.599. The SMILES string of the molecule is CNCc1ccn(Cc2ccc(Br)cc2F)c1. The normalized spacial score (nSPS) is 10.8. The Hall–Kier alpha value is -1.13. The van der Waals surface area contributed by atoms with Crippen LogP contribution < -0.4 is 5.32 Å². The number of nitrogens with zero attached hydrogens (tertiary/aromatic N) is 1. The minimum absolute atomic E-state index is 0.178. The second-order valence-electron chi connectivity index (χ2n) is 3.96. The third kappa shape index (κ3) is 3.17. The first-order valence-corrected chi connectivity index (χ1v) is 6.21. The van der Waals surface area contributed by atoms with Crippen LogP contribution in [0.2, 0.25) is 0 Å². The minimum atomic E-state index is -0.178. The summed E-state index contributed by atoms with van der Waals surface area (Å²) in [5.74, 6) is -0.178. The molecule has 0 radical (unpaired) electrons. The smallest absolute Gasteiger partial charge is 0.129 e. The van der Waals surface area contributed by atoms with Crippen molar-refractivity contribution in [3.8, 4) is 0 Å². The van der Waals surface area contributed by atoms with Crippen LogP contribution >= 0.6 is 15.9 Å². The molecule has 0 unspecified atom stereocenters. The van der Waals surface area contributed by atoms with Gasteiger partial charge in [-0.15, -0.1) is 0 Å². The molecule has 4 heteroatoms. The van der Waals surface area contributed by atoms with Gasteiger partial charge in [-0.05, 0) is 30.8 Å². The van der Waals surface area contributed by atoms with Crippen molar-refractivity contribution < 1.29 is 4.39 Å². The van der Waals surface area contributed by atoms with E-state index in [4.69, 9.17) is 0 Å². The fourth-order valence-corrected chi connectivity index (χ4v) is 2.08. The first-order chi connectivity index (χ1) is 8.19. The largest absolute Gasteiger partial charge is 0.349 e. The van der Waals surface area contributed by atoms with Gasteiger partial charge in [0.15, 0.2) is 0 Å². The van der Waals surface area contributed by atoms with E-state index in [2.05, 4.69) is 21.2 Å². The van der Waals surface area contributed by atoms with E-state index in [0.29, 0.717) is 12.1 Å². The lowest BCUT2D eigenvalue weighted by Crippen LogP contribution is -2.04. The van der Waals surface area contributed by atoms with Gasteiger partial charge >= 0.3 is 0 Å². The highest BCUT2D eigenvalue weighted by Gasteiger charge is 2.04. The maximum Gasteiger partial charge on any atom is 0.129 e. The highest BCUT2D eigenvalue weighted by atomic mass is 79.9. The topological polar surface area (TPSA) is 17.0 Å². The second-order valence-corrected chi connectivity index (χ2v) is 4.87. The van der Waals surface area contributed by atoms with Crippen molar-refractivity contribution in [3.63, 3.8) is 0 Å². The monoisotopic (exact) mass is 296 g/mol. The summed E-state index contributed by atoms with van der Waals surface area (Å²) in [4.78, 5) is 0. The van der Waals surface area contributed by atoms with Crippen molar-refractivity contribution in [1.82, 2.24) is 9.88 Å². The van der Waals surface area contributed by atoms with Crippen molar-refractivity contribution in [2.24, 2.45) is 0 Å². The Labute approximate surface area is 109 Å². The molecule has 0 aliphatic rings. The number of hydrogen-bond donors (Lipinski definition) is 1. The molecule has 17 heavy (non-hydrogen) atoms. The Bertz CT molecular complexity index is 508. The van der Waals surface area contributed by atoms with E-state index in [1.807, 2.05) is 36.1 Å². The molecule has 1 aromatic carbocycles. The van der Waals surface area contributed by atoms with Crippen LogP contribution in [-0.2, 0) is 13.1 Å². The lowest BCUT2D eigenvalue weighted by Gasteiger charge is -2.05. The van der Waals surface area contributed by atoms with Gasteiger partial charge < -0.3 is 9.88 Å². The molecule has 2 nitrogen and oxygen atoms in total. The van der Waals surface area contributed by atoms with Crippen molar-refractivity contribution in [2.75, 3.05) is 7.05 Å². The molecule has 1 heterocycles. The number of hydrogen-bond acceptors (Lipinski definition) is 1. The maximum absolute atomic E-state index is 13.6. The third-order valence-corrected chi connectivity index (χ3v) is 3.05. The van der Waals surface area contributed by atoms with Gasteiger partial charge in [0.1, 0.15) is 5.82 Å². The van der Waals surface area contributed by atoms with Crippen LogP contribution in [0.5, 0.6) is 0 Å². The summed E-state index contributed by atoms with van der Waals surface area (Å²) in [5, 5.41) is 3.09. The molecule has 0 saturated heterocycles. The Kier molecular flexibility index (Phi) is 3.97. The van der Waals surface area contributed by atoms with Gasteiger partial charge in [0.2, 0.25) is 0 Å². The zero-order valence-electron chi connectivity index (χ0n) is 9.58. The number of benzene rings is 1. The zero-order valence-corrected chi connectivity index (χ0v) is 11.2. The highest BCUT2D eigenvalue weighted by molar-refractivity contribution is 9.10. The highest BCUT2D eigenvalue weighted by Crippen LogP contribution is 2.16. The number of rotatable bonds is 4. The molecule has 0 amide bonds. The molecule has 0 fully saturated rings. The molecule has 0 bridgehead atoms. The Balaban J connectivity index is 2.13. The van der Waals surface area contributed by atoms with E-state index in [-0.39, 0.29) is 5.82 Å². The Morgan fingerprint density at radius 3 is 2.88 bits per heavy atom. The van der Waals surface area contributed by atoms with E-state index >= 15 is 0 Å². The quantitative estimate of drug-likeness (QED) is 0.917. The number of nitrogens with one attached hydrogen (secondary N) is 1. The van der Waals surface area contributed by atoms with Gasteiger partial charge in [0, 0.05) is 35.5 Å². The van der Waals surface area contributed by atoms with Crippen LogP contribution in [-0.4, -0.2) is 11.6 Å². The molecule has 0 aliphatic heterocycles. The Morgan fingerprint density at radius 2 is 2.18 bits per heavy atom. The molecule has 90 valence electrons. The average molecular weight is 297 g/mol. The fourth-order valence-electron chi connectivity index (χ4n) is 1.74. The zero-order chi connectivity index (χ0) is 12.3. The summed E-state index contributed by atoms with van der Waals surface area (Å²) in [7, 11) is 1.91. The van der Waals surface area contributed by atoms with Crippen LogP contribution in [0.4, 0.5) is 4.39 Å². The average Bonchev–Trinajstić information content (AvgIpc) is 2.71. The van der Waals surface area contributed by atoms with Crippen LogP contribution in [0.15, 0.2) is 41.1 Å². The van der Waals surface area contributed by atoms with E-state index in [9.17, 15) is 4.39 Å². The van der Waals surface area contributed by atoms with Crippen LogP contribution in [0.25, 0.3) is 0 Å². The van der Waals surface area contributed by atoms with Crippen LogP contribution in [0, 0.1) is 5.82 Å². The predicted octanol–water partition coefficient (Wildman–Crippen LogP) is 3.16. The van der Waals surface area contributed by atoms with Gasteiger partial charge in [-0.3, -0.25) is 0 Å². The fraction of sp³-hybridized carbons (Fsp3) is 0.231. The van der Waals surface area contributed by atoms with Gasteiger partial charge in [-0.25, -0.2) is 4.39 Å². The summed E-state index contributed by atoms with van der Waals surface area (Å²) in [6.07, 6.45) is 3.99. The molecule has 0 saturated carbocycles. The van der Waals surface area contributed by atoms with Crippen molar-refractivity contribution in [3.05, 3.63) is 58.1 Å². The summed E-state index contributed by atoms with van der Waals surface area (Å²) in [5.41, 5.74) is 1.89. The van der Waals surface area contributed by atoms with E-state index in [1.54, 1.807) is 6.07 Å². The van der Waals surface area contributed by atoms with Gasteiger partial charge in [0.05, 0.1) is 0 Å². The summed E-state index contributed by atoms with van der Waals surface area (Å²) >= 11 is 3.25. The molecule has 2 rings (SSSR count). The lowest BCUT2D eigenvalue weighted by atomic mass is 10.2. The molecule has 1 N–H and O–H groups in total. The molecule has 0 spiro atoms. The van der Waals surface area contributed by atoms with Crippen molar-refractivity contribution in [1.29, 1.82) is 0 Å². The maximum atomic E-state index is 13.6. The van der Waals surface area contributed by atoms with Crippen molar-refractivity contribution in [2.45, 2.75) is 13.1 Å². The number of halogens is 2. The Morgan fingerprint density at radius 1 is 1.35 bits per heavy atom. The molecular weight excluding hydrogens is 283 g/mol. The molecule has 2 aromatic rings. The first-order valence-electron chi connectivity index (χ1n) is 5.42. The van der Waals surface area contributed by atoms with E-state index < -0.39 is 0 Å². The minimum Gasteiger partial charge on any atom is -0.349 e. The molecule has 0 atom stereocenters. The van der Waals surface area contributed by atoms with Gasteiger partial charge in [-0.1, -0.05) is 22.0 Å². The summed E-state index contributed by atoms with van der Waals surface area (Å²) in [6, 6.07) is 7.19. The van der Waals surface area contributed by atoms with Crippen molar-refractivity contribution >= 4 is 15.9 Å². The standard InChI is InChI=1S/C13H14BrFN2/c1-16-7-10-4-5-17(8-10)9-11-2-3-12(14)6-13(11)15/h2-6,8,16H,7,9H2,1H3.